The Morgan fingerprint density at radius 3 is 2.26 bits per heavy atom. The van der Waals surface area contributed by atoms with Crippen molar-refractivity contribution in [3.8, 4) is 0 Å². The molecule has 2 heterocycles. The summed E-state index contributed by atoms with van der Waals surface area (Å²) in [7, 11) is -1.26. The van der Waals surface area contributed by atoms with Crippen molar-refractivity contribution in [3.63, 3.8) is 0 Å². The maximum atomic E-state index is 13.0. The third-order valence-electron chi connectivity index (χ3n) is 3.45. The van der Waals surface area contributed by atoms with E-state index in [1.807, 2.05) is 0 Å². The van der Waals surface area contributed by atoms with Crippen LogP contribution >= 0.6 is 0 Å². The third-order valence-corrected chi connectivity index (χ3v) is 3.45. The molecular formula is C12H16BF2NO3. The van der Waals surface area contributed by atoms with Gasteiger partial charge in [0.15, 0.2) is 0 Å². The van der Waals surface area contributed by atoms with Gasteiger partial charge >= 0.3 is 13.7 Å². The first kappa shape index (κ1) is 10.6. The molecule has 1 fully saturated rings. The van der Waals surface area contributed by atoms with Crippen molar-refractivity contribution in [1.82, 2.24) is 4.57 Å². The van der Waals surface area contributed by atoms with Gasteiger partial charge in [0.25, 0.3) is 5.56 Å². The van der Waals surface area contributed by atoms with Gasteiger partial charge in [0, 0.05) is 12.2 Å². The predicted molar refractivity (Wildman–Crippen MR) is 67.7 cm³/mol. The van der Waals surface area contributed by atoms with Gasteiger partial charge in [-0.1, -0.05) is 6.04 Å². The van der Waals surface area contributed by atoms with Gasteiger partial charge in [-0.05, 0) is 33.2 Å². The molecule has 0 aromatic carbocycles. The summed E-state index contributed by atoms with van der Waals surface area (Å²) in [6.45, 7) is 3.62. The monoisotopic (exact) mass is 274 g/mol. The lowest BCUT2D eigenvalue weighted by Gasteiger charge is -2.32. The number of aromatic nitrogens is 1. The van der Waals surface area contributed by atoms with Crippen LogP contribution in [-0.4, -0.2) is 22.9 Å². The first-order valence-electron chi connectivity index (χ1n) is 7.26. The molecule has 2 rings (SSSR count). The molecule has 0 amide bonds. The van der Waals surface area contributed by atoms with Gasteiger partial charge in [0.05, 0.1) is 15.3 Å². The van der Waals surface area contributed by atoms with Crippen LogP contribution in [0, 0.1) is 0 Å². The molecule has 0 unspecified atom stereocenters. The lowest BCUT2D eigenvalue weighted by atomic mass is 9.80. The fourth-order valence-electron chi connectivity index (χ4n) is 1.60. The Morgan fingerprint density at radius 2 is 1.79 bits per heavy atom. The summed E-state index contributed by atoms with van der Waals surface area (Å²) in [5, 5.41) is 0. The minimum Gasteiger partial charge on any atom is -0.399 e. The summed E-state index contributed by atoms with van der Waals surface area (Å²) >= 11 is 0. The highest BCUT2D eigenvalue weighted by molar-refractivity contribution is 6.62. The Balaban J connectivity index is 2.66. The SMILES string of the molecule is [2H]c1c(B2OC(C)(C)C(C)(C)O2)c([2H])n(C(F)F)c(=O)c1[2H]. The molecule has 7 heteroatoms. The fraction of sp³-hybridized carbons (Fsp3) is 0.583. The maximum Gasteiger partial charge on any atom is 0.496 e. The van der Waals surface area contributed by atoms with Crippen LogP contribution in [0.25, 0.3) is 0 Å². The van der Waals surface area contributed by atoms with E-state index in [-0.39, 0.29) is 10.0 Å². The van der Waals surface area contributed by atoms with E-state index < -0.39 is 48.7 Å². The van der Waals surface area contributed by atoms with Crippen molar-refractivity contribution >= 4 is 12.6 Å². The largest absolute Gasteiger partial charge is 0.496 e. The number of pyridine rings is 1. The minimum absolute atomic E-state index is 0.138. The molecule has 0 N–H and O–H groups in total. The molecule has 1 saturated heterocycles. The van der Waals surface area contributed by atoms with E-state index >= 15 is 0 Å². The van der Waals surface area contributed by atoms with Crippen LogP contribution in [0.2, 0.25) is 0 Å². The van der Waals surface area contributed by atoms with E-state index in [4.69, 9.17) is 13.4 Å². The highest BCUT2D eigenvalue weighted by Gasteiger charge is 2.51. The normalized spacial score (nSPS) is 23.3. The van der Waals surface area contributed by atoms with Crippen LogP contribution < -0.4 is 11.0 Å². The zero-order chi connectivity index (χ0) is 17.0. The summed E-state index contributed by atoms with van der Waals surface area (Å²) in [6.07, 6.45) is -0.875. The van der Waals surface area contributed by atoms with Gasteiger partial charge in [-0.25, -0.2) is 0 Å². The molecule has 0 aliphatic carbocycles. The number of hydrogen-bond acceptors (Lipinski definition) is 3. The average molecular weight is 274 g/mol. The fourth-order valence-corrected chi connectivity index (χ4v) is 1.60. The van der Waals surface area contributed by atoms with Crippen molar-refractivity contribution in [3.05, 3.63) is 28.6 Å². The second-order valence-corrected chi connectivity index (χ2v) is 5.32. The maximum absolute atomic E-state index is 13.0. The molecular weight excluding hydrogens is 255 g/mol. The number of halogens is 2. The summed E-state index contributed by atoms with van der Waals surface area (Å²) in [5.41, 5.74) is -3.33. The zero-order valence-electron chi connectivity index (χ0n) is 14.1. The summed E-state index contributed by atoms with van der Waals surface area (Å²) < 4.78 is 60.2. The molecule has 1 aromatic heterocycles. The Labute approximate surface area is 114 Å². The number of hydrogen-bond donors (Lipinski definition) is 0. The third kappa shape index (κ3) is 2.44. The van der Waals surface area contributed by atoms with Gasteiger partial charge in [-0.2, -0.15) is 8.78 Å². The highest BCUT2D eigenvalue weighted by atomic mass is 19.3. The van der Waals surface area contributed by atoms with Crippen LogP contribution in [0.4, 0.5) is 8.78 Å². The van der Waals surface area contributed by atoms with Crippen LogP contribution in [0.15, 0.2) is 23.1 Å². The predicted octanol–water partition coefficient (Wildman–Crippen LogP) is 1.54. The Bertz CT molecular complexity index is 663. The molecule has 1 aromatic rings. The van der Waals surface area contributed by atoms with Crippen LogP contribution in [0.5, 0.6) is 0 Å². The van der Waals surface area contributed by atoms with Crippen molar-refractivity contribution in [2.24, 2.45) is 0 Å². The lowest BCUT2D eigenvalue weighted by Crippen LogP contribution is -2.41. The Hall–Kier alpha value is -1.21. The van der Waals surface area contributed by atoms with Crippen molar-refractivity contribution in [2.45, 2.75) is 45.4 Å². The van der Waals surface area contributed by atoms with E-state index in [1.165, 1.54) is 0 Å². The van der Waals surface area contributed by atoms with Gasteiger partial charge in [0.1, 0.15) is 0 Å². The minimum atomic E-state index is -3.29. The molecule has 0 spiro atoms. The molecule has 0 bridgehead atoms. The van der Waals surface area contributed by atoms with Gasteiger partial charge < -0.3 is 9.31 Å². The smallest absolute Gasteiger partial charge is 0.399 e. The molecule has 0 radical (unpaired) electrons. The molecule has 1 aliphatic rings. The van der Waals surface area contributed by atoms with E-state index in [2.05, 4.69) is 0 Å². The second-order valence-electron chi connectivity index (χ2n) is 5.32. The van der Waals surface area contributed by atoms with Gasteiger partial charge in [-0.15, -0.1) is 0 Å². The summed E-state index contributed by atoms with van der Waals surface area (Å²) in [5.74, 6) is 0. The second kappa shape index (κ2) is 4.42. The summed E-state index contributed by atoms with van der Waals surface area (Å²) in [4.78, 5) is 11.6. The lowest BCUT2D eigenvalue weighted by molar-refractivity contribution is 0.00578. The Morgan fingerprint density at radius 1 is 1.26 bits per heavy atom. The molecule has 1 aliphatic heterocycles. The molecule has 19 heavy (non-hydrogen) atoms. The number of rotatable bonds is 2. The molecule has 4 nitrogen and oxygen atoms in total. The Kier molecular flexibility index (Phi) is 2.46. The molecule has 0 atom stereocenters. The van der Waals surface area contributed by atoms with E-state index in [9.17, 15) is 13.6 Å². The van der Waals surface area contributed by atoms with E-state index in [0.29, 0.717) is 0 Å². The van der Waals surface area contributed by atoms with Crippen molar-refractivity contribution in [1.29, 1.82) is 0 Å². The summed E-state index contributed by atoms with van der Waals surface area (Å²) in [6, 6.07) is -1.55. The van der Waals surface area contributed by atoms with E-state index in [0.717, 1.165) is 0 Å². The topological polar surface area (TPSA) is 40.5 Å². The molecule has 104 valence electrons. The van der Waals surface area contributed by atoms with Crippen molar-refractivity contribution in [2.75, 3.05) is 0 Å². The highest BCUT2D eigenvalue weighted by Crippen LogP contribution is 2.36. The van der Waals surface area contributed by atoms with Crippen LogP contribution in [0.1, 0.15) is 38.4 Å². The first-order valence-corrected chi connectivity index (χ1v) is 5.76. The van der Waals surface area contributed by atoms with Crippen molar-refractivity contribution < 1.29 is 22.2 Å². The number of nitrogens with zero attached hydrogens (tertiary/aromatic N) is 1. The quantitative estimate of drug-likeness (QED) is 0.768. The van der Waals surface area contributed by atoms with E-state index in [1.54, 1.807) is 27.7 Å². The zero-order valence-corrected chi connectivity index (χ0v) is 11.1. The van der Waals surface area contributed by atoms with Crippen LogP contribution in [0.3, 0.4) is 0 Å². The van der Waals surface area contributed by atoms with Crippen LogP contribution in [-0.2, 0) is 9.31 Å². The number of alkyl halides is 2. The first-order chi connectivity index (χ1) is 9.90. The average Bonchev–Trinajstić information content (AvgIpc) is 2.55. The standard InChI is InChI=1S/C12H16BF2NO3/c1-11(2)12(3,4)19-13(18-11)8-5-6-9(17)16(7-8)10(14)15/h5-7,10H,1-4H3/i5D,6D,7D. The van der Waals surface area contributed by atoms with Gasteiger partial charge in [0.2, 0.25) is 0 Å². The molecule has 0 saturated carbocycles. The van der Waals surface area contributed by atoms with Gasteiger partial charge in [-0.3, -0.25) is 9.36 Å².